The van der Waals surface area contributed by atoms with Crippen LogP contribution in [0.5, 0.6) is 0 Å². The third kappa shape index (κ3) is 4.59. The van der Waals surface area contributed by atoms with Crippen molar-refractivity contribution in [1.82, 2.24) is 0 Å². The van der Waals surface area contributed by atoms with Gasteiger partial charge >= 0.3 is 0 Å². The number of nitrogens with zero attached hydrogens (tertiary/aromatic N) is 2. The Morgan fingerprint density at radius 3 is 2.46 bits per heavy atom. The van der Waals surface area contributed by atoms with Crippen molar-refractivity contribution in [2.45, 2.75) is 20.4 Å². The average molecular weight is 476 g/mol. The monoisotopic (exact) mass is 476 g/mol. The van der Waals surface area contributed by atoms with Crippen LogP contribution >= 0.6 is 11.3 Å². The minimum absolute atomic E-state index is 0. The molecule has 2 aromatic carbocycles. The molecule has 134 valence electrons. The molecule has 0 spiro atoms. The van der Waals surface area contributed by atoms with Crippen LogP contribution in [0, 0.1) is 0 Å². The number of fused-ring (bicyclic) bond motifs is 1. The van der Waals surface area contributed by atoms with Crippen molar-refractivity contribution >= 4 is 39.2 Å². The lowest BCUT2D eigenvalue weighted by Gasteiger charge is -2.15. The molecule has 26 heavy (non-hydrogen) atoms. The molecule has 0 N–H and O–H groups in total. The second-order valence-electron chi connectivity index (χ2n) is 5.58. The molecule has 0 saturated carbocycles. The van der Waals surface area contributed by atoms with Gasteiger partial charge in [-0.15, -0.1) is 0 Å². The minimum atomic E-state index is -0.0127. The van der Waals surface area contributed by atoms with Crippen LogP contribution in [0.15, 0.2) is 72.9 Å². The normalized spacial score (nSPS) is 11.2. The Morgan fingerprint density at radius 2 is 1.77 bits per heavy atom. The summed E-state index contributed by atoms with van der Waals surface area (Å²) < 4.78 is 3.58. The summed E-state index contributed by atoms with van der Waals surface area (Å²) in [5, 5.41) is 1.20. The third-order valence-corrected chi connectivity index (χ3v) is 5.04. The SMILES string of the molecule is CC[n+]1c(/C=C/C=C/N(C(C)=O)c2ccccc2)sc2ccccc21.[I-]. The number of halogens is 1. The highest BCUT2D eigenvalue weighted by Crippen LogP contribution is 2.21. The molecule has 0 aliphatic heterocycles. The molecule has 5 heteroatoms. The highest BCUT2D eigenvalue weighted by Gasteiger charge is 2.15. The summed E-state index contributed by atoms with van der Waals surface area (Å²) >= 11 is 1.77. The van der Waals surface area contributed by atoms with Gasteiger partial charge in [0.05, 0.1) is 0 Å². The van der Waals surface area contributed by atoms with E-state index in [1.165, 1.54) is 15.2 Å². The lowest BCUT2D eigenvalue weighted by Crippen LogP contribution is -3.00. The number of carbonyl (C=O) groups excluding carboxylic acids is 1. The van der Waals surface area contributed by atoms with E-state index >= 15 is 0 Å². The van der Waals surface area contributed by atoms with Gasteiger partial charge in [0.15, 0.2) is 0 Å². The molecule has 0 radical (unpaired) electrons. The molecule has 0 aliphatic rings. The number of aromatic nitrogens is 1. The van der Waals surface area contributed by atoms with E-state index in [0.717, 1.165) is 12.2 Å². The van der Waals surface area contributed by atoms with Gasteiger partial charge in [-0.3, -0.25) is 9.69 Å². The van der Waals surface area contributed by atoms with Gasteiger partial charge in [0.2, 0.25) is 11.4 Å². The van der Waals surface area contributed by atoms with E-state index in [4.69, 9.17) is 0 Å². The number of aryl methyl sites for hydroxylation is 1. The molecule has 1 heterocycles. The van der Waals surface area contributed by atoms with Gasteiger partial charge in [0.1, 0.15) is 11.2 Å². The summed E-state index contributed by atoms with van der Waals surface area (Å²) in [4.78, 5) is 13.5. The van der Waals surface area contributed by atoms with Crippen LogP contribution in [0.4, 0.5) is 5.69 Å². The molecule has 0 unspecified atom stereocenters. The molecule has 3 aromatic rings. The molecule has 3 nitrogen and oxygen atoms in total. The number of benzene rings is 2. The number of anilines is 1. The lowest BCUT2D eigenvalue weighted by molar-refractivity contribution is -0.665. The molecule has 0 aliphatic carbocycles. The maximum absolute atomic E-state index is 11.9. The number of rotatable bonds is 5. The van der Waals surface area contributed by atoms with Crippen molar-refractivity contribution in [1.29, 1.82) is 0 Å². The molecular formula is C21H21IN2OS. The van der Waals surface area contributed by atoms with E-state index in [1.807, 2.05) is 42.5 Å². The maximum Gasteiger partial charge on any atom is 0.262 e. The van der Waals surface area contributed by atoms with Crippen LogP contribution < -0.4 is 33.4 Å². The first-order chi connectivity index (χ1) is 12.2. The Balaban J connectivity index is 0.00000243. The van der Waals surface area contributed by atoms with E-state index in [2.05, 4.69) is 41.8 Å². The summed E-state index contributed by atoms with van der Waals surface area (Å²) in [7, 11) is 0. The van der Waals surface area contributed by atoms with Crippen LogP contribution in [-0.4, -0.2) is 5.91 Å². The van der Waals surface area contributed by atoms with Crippen LogP contribution in [0.3, 0.4) is 0 Å². The van der Waals surface area contributed by atoms with E-state index < -0.39 is 0 Å². The van der Waals surface area contributed by atoms with Gasteiger partial charge in [-0.05, 0) is 31.2 Å². The second-order valence-corrected chi connectivity index (χ2v) is 6.64. The second kappa shape index (κ2) is 9.64. The Labute approximate surface area is 175 Å². The van der Waals surface area contributed by atoms with Crippen molar-refractivity contribution in [2.24, 2.45) is 0 Å². The average Bonchev–Trinajstić information content (AvgIpc) is 2.99. The lowest BCUT2D eigenvalue weighted by atomic mass is 10.3. The zero-order chi connectivity index (χ0) is 17.6. The van der Waals surface area contributed by atoms with Gasteiger partial charge in [-0.25, -0.2) is 0 Å². The predicted molar refractivity (Wildman–Crippen MR) is 105 cm³/mol. The van der Waals surface area contributed by atoms with Gasteiger partial charge in [-0.1, -0.05) is 47.7 Å². The highest BCUT2D eigenvalue weighted by atomic mass is 127. The quantitative estimate of drug-likeness (QED) is 0.313. The Kier molecular flexibility index (Phi) is 7.53. The van der Waals surface area contributed by atoms with Crippen LogP contribution in [0.25, 0.3) is 16.3 Å². The molecule has 1 aromatic heterocycles. The van der Waals surface area contributed by atoms with Crippen LogP contribution in [0.2, 0.25) is 0 Å². The Bertz CT molecular complexity index is 932. The molecular weight excluding hydrogens is 455 g/mol. The first kappa shape index (κ1) is 20.3. The molecule has 0 saturated heterocycles. The first-order valence-corrected chi connectivity index (χ1v) is 9.13. The molecule has 1 amide bonds. The minimum Gasteiger partial charge on any atom is -1.00 e. The first-order valence-electron chi connectivity index (χ1n) is 8.32. The Morgan fingerprint density at radius 1 is 1.08 bits per heavy atom. The topological polar surface area (TPSA) is 24.2 Å². The van der Waals surface area contributed by atoms with E-state index in [-0.39, 0.29) is 29.9 Å². The molecule has 3 rings (SSSR count). The number of para-hydroxylation sites is 2. The number of allylic oxidation sites excluding steroid dienone is 2. The molecule has 0 fully saturated rings. The highest BCUT2D eigenvalue weighted by molar-refractivity contribution is 7.18. The third-order valence-electron chi connectivity index (χ3n) is 3.91. The summed E-state index contributed by atoms with van der Waals surface area (Å²) in [5.74, 6) is -0.0127. The van der Waals surface area contributed by atoms with E-state index in [9.17, 15) is 4.79 Å². The smallest absolute Gasteiger partial charge is 0.262 e. The Hall–Kier alpha value is -1.99. The number of amides is 1. The number of hydrogen-bond donors (Lipinski definition) is 0. The van der Waals surface area contributed by atoms with Crippen molar-refractivity contribution in [3.8, 4) is 0 Å². The maximum atomic E-state index is 11.9. The fraction of sp³-hybridized carbons (Fsp3) is 0.143. The summed E-state index contributed by atoms with van der Waals surface area (Å²) in [6.45, 7) is 4.65. The summed E-state index contributed by atoms with van der Waals surface area (Å²) in [6, 6.07) is 18.1. The van der Waals surface area contributed by atoms with Crippen molar-refractivity contribution in [3.63, 3.8) is 0 Å². The van der Waals surface area contributed by atoms with Crippen LogP contribution in [0.1, 0.15) is 18.9 Å². The number of thiazole rings is 1. The van der Waals surface area contributed by atoms with Gasteiger partial charge in [0, 0.05) is 31.0 Å². The van der Waals surface area contributed by atoms with Crippen LogP contribution in [-0.2, 0) is 11.3 Å². The summed E-state index contributed by atoms with van der Waals surface area (Å²) in [5.41, 5.74) is 2.12. The summed E-state index contributed by atoms with van der Waals surface area (Å²) in [6.07, 6.45) is 7.78. The molecule has 0 bridgehead atoms. The van der Waals surface area contributed by atoms with E-state index in [1.54, 1.807) is 29.4 Å². The standard InChI is InChI=1S/C21H21N2OS.HI/c1-3-22-19-13-7-8-14-20(19)25-21(22)15-9-10-16-23(17(2)24)18-11-5-4-6-12-18;/h4-16H,3H2,1-2H3;1H/q+1;/p-1. The van der Waals surface area contributed by atoms with Crippen molar-refractivity contribution in [3.05, 3.63) is 78.0 Å². The van der Waals surface area contributed by atoms with Crippen molar-refractivity contribution < 1.29 is 33.3 Å². The van der Waals surface area contributed by atoms with Crippen molar-refractivity contribution in [2.75, 3.05) is 4.90 Å². The predicted octanol–water partition coefficient (Wildman–Crippen LogP) is 1.79. The zero-order valence-corrected chi connectivity index (χ0v) is 17.8. The van der Waals surface area contributed by atoms with Gasteiger partial charge < -0.3 is 24.0 Å². The van der Waals surface area contributed by atoms with E-state index in [0.29, 0.717) is 0 Å². The van der Waals surface area contributed by atoms with Gasteiger partial charge in [-0.2, -0.15) is 4.57 Å². The number of carbonyl (C=O) groups is 1. The zero-order valence-electron chi connectivity index (χ0n) is 14.8. The fourth-order valence-electron chi connectivity index (χ4n) is 2.74. The number of hydrogen-bond acceptors (Lipinski definition) is 2. The van der Waals surface area contributed by atoms with Gasteiger partial charge in [0.25, 0.3) is 5.01 Å². The molecule has 0 atom stereocenters. The fourth-order valence-corrected chi connectivity index (χ4v) is 3.88. The largest absolute Gasteiger partial charge is 1.00 e.